The lowest BCUT2D eigenvalue weighted by Gasteiger charge is -2.06. The fraction of sp³-hybridized carbons (Fsp3) is 0.385. The van der Waals surface area contributed by atoms with E-state index in [1.54, 1.807) is 26.0 Å². The van der Waals surface area contributed by atoms with Crippen molar-refractivity contribution >= 4 is 11.8 Å². The lowest BCUT2D eigenvalue weighted by molar-refractivity contribution is 0.401. The Hall–Kier alpha value is -1.69. The Labute approximate surface area is 116 Å². The quantitative estimate of drug-likeness (QED) is 0.757. The van der Waals surface area contributed by atoms with Crippen LogP contribution in [0.5, 0.6) is 11.5 Å². The van der Waals surface area contributed by atoms with Crippen molar-refractivity contribution in [3.63, 3.8) is 0 Å². The smallest absolute Gasteiger partial charge is 0.276 e. The molecule has 102 valence electrons. The van der Waals surface area contributed by atoms with Gasteiger partial charge in [-0.1, -0.05) is 18.7 Å². The summed E-state index contributed by atoms with van der Waals surface area (Å²) in [7, 11) is 3.22. The van der Waals surface area contributed by atoms with Gasteiger partial charge in [0.25, 0.3) is 11.1 Å². The van der Waals surface area contributed by atoms with Gasteiger partial charge in [0.2, 0.25) is 0 Å². The summed E-state index contributed by atoms with van der Waals surface area (Å²) < 4.78 is 16.1. The molecule has 0 bridgehead atoms. The molecule has 19 heavy (non-hydrogen) atoms. The first-order valence-electron chi connectivity index (χ1n) is 5.97. The van der Waals surface area contributed by atoms with E-state index in [1.807, 2.05) is 18.2 Å². The molecule has 0 N–H and O–H groups in total. The molecule has 0 aliphatic rings. The molecule has 0 aliphatic heterocycles. The van der Waals surface area contributed by atoms with Gasteiger partial charge in [0.05, 0.1) is 19.8 Å². The minimum atomic E-state index is 0.439. The van der Waals surface area contributed by atoms with Crippen LogP contribution in [0.4, 0.5) is 0 Å². The van der Waals surface area contributed by atoms with Gasteiger partial charge >= 0.3 is 0 Å². The first-order valence-corrected chi connectivity index (χ1v) is 6.95. The number of hydrogen-bond acceptors (Lipinski definition) is 6. The molecule has 0 saturated heterocycles. The summed E-state index contributed by atoms with van der Waals surface area (Å²) in [5.41, 5.74) is 0.734. The average molecular weight is 280 g/mol. The second-order valence-corrected chi connectivity index (χ2v) is 4.83. The minimum absolute atomic E-state index is 0.439. The molecule has 0 aliphatic carbocycles. The van der Waals surface area contributed by atoms with Crippen molar-refractivity contribution in [1.82, 2.24) is 10.2 Å². The lowest BCUT2D eigenvalue weighted by Crippen LogP contribution is -1.90. The summed E-state index contributed by atoms with van der Waals surface area (Å²) in [5, 5.41) is 8.63. The summed E-state index contributed by atoms with van der Waals surface area (Å²) in [4.78, 5) is 0. The predicted octanol–water partition coefficient (Wildman–Crippen LogP) is 3.26. The van der Waals surface area contributed by atoms with Crippen molar-refractivity contribution in [2.24, 2.45) is 0 Å². The SMILES string of the molecule is CCCSc1nnc(-c2cc(OC)ccc2OC)o1. The topological polar surface area (TPSA) is 57.4 Å². The molecule has 0 radical (unpaired) electrons. The van der Waals surface area contributed by atoms with Crippen molar-refractivity contribution < 1.29 is 13.9 Å². The Balaban J connectivity index is 2.31. The fourth-order valence-corrected chi connectivity index (χ4v) is 2.16. The van der Waals surface area contributed by atoms with Crippen LogP contribution >= 0.6 is 11.8 Å². The molecule has 0 unspecified atom stereocenters. The summed E-state index contributed by atoms with van der Waals surface area (Å²) in [6.45, 7) is 2.11. The van der Waals surface area contributed by atoms with Gasteiger partial charge in [0, 0.05) is 5.75 Å². The van der Waals surface area contributed by atoms with Crippen molar-refractivity contribution in [1.29, 1.82) is 0 Å². The zero-order valence-corrected chi connectivity index (χ0v) is 12.0. The molecule has 0 amide bonds. The Morgan fingerprint density at radius 2 is 2.05 bits per heavy atom. The predicted molar refractivity (Wildman–Crippen MR) is 73.9 cm³/mol. The van der Waals surface area contributed by atoms with Gasteiger partial charge < -0.3 is 13.9 Å². The second-order valence-electron chi connectivity index (χ2n) is 3.79. The monoisotopic (exact) mass is 280 g/mol. The molecule has 0 atom stereocenters. The number of rotatable bonds is 6. The van der Waals surface area contributed by atoms with Crippen LogP contribution in [0.25, 0.3) is 11.5 Å². The van der Waals surface area contributed by atoms with Gasteiger partial charge in [-0.15, -0.1) is 10.2 Å². The second kappa shape index (κ2) is 6.47. The lowest BCUT2D eigenvalue weighted by atomic mass is 10.2. The largest absolute Gasteiger partial charge is 0.497 e. The standard InChI is InChI=1S/C13H16N2O3S/c1-4-7-19-13-15-14-12(18-13)10-8-9(16-2)5-6-11(10)17-3/h5-6,8H,4,7H2,1-3H3. The van der Waals surface area contributed by atoms with Gasteiger partial charge in [-0.2, -0.15) is 0 Å². The van der Waals surface area contributed by atoms with Gasteiger partial charge in [-0.25, -0.2) is 0 Å². The Morgan fingerprint density at radius 1 is 1.21 bits per heavy atom. The maximum absolute atomic E-state index is 5.62. The molecule has 0 fully saturated rings. The van der Waals surface area contributed by atoms with Crippen LogP contribution in [0.2, 0.25) is 0 Å². The summed E-state index contributed by atoms with van der Waals surface area (Å²) in [6, 6.07) is 5.46. The van der Waals surface area contributed by atoms with Crippen molar-refractivity contribution in [2.75, 3.05) is 20.0 Å². The highest BCUT2D eigenvalue weighted by Crippen LogP contribution is 2.33. The molecule has 2 aromatic rings. The van der Waals surface area contributed by atoms with Crippen LogP contribution in [0, 0.1) is 0 Å². The Morgan fingerprint density at radius 3 is 2.74 bits per heavy atom. The molecule has 6 heteroatoms. The van der Waals surface area contributed by atoms with E-state index in [-0.39, 0.29) is 0 Å². The third-order valence-corrected chi connectivity index (χ3v) is 3.50. The van der Waals surface area contributed by atoms with Crippen molar-refractivity contribution in [2.45, 2.75) is 18.6 Å². The highest BCUT2D eigenvalue weighted by Gasteiger charge is 2.14. The Bertz CT molecular complexity index is 542. The molecule has 5 nitrogen and oxygen atoms in total. The highest BCUT2D eigenvalue weighted by atomic mass is 32.2. The van der Waals surface area contributed by atoms with Crippen LogP contribution in [-0.2, 0) is 0 Å². The van der Waals surface area contributed by atoms with Gasteiger partial charge in [-0.3, -0.25) is 0 Å². The van der Waals surface area contributed by atoms with Crippen LogP contribution < -0.4 is 9.47 Å². The Kier molecular flexibility index (Phi) is 4.68. The van der Waals surface area contributed by atoms with E-state index in [2.05, 4.69) is 17.1 Å². The maximum Gasteiger partial charge on any atom is 0.276 e. The van der Waals surface area contributed by atoms with E-state index in [4.69, 9.17) is 13.9 Å². The van der Waals surface area contributed by atoms with Gasteiger partial charge in [0.15, 0.2) is 0 Å². The van der Waals surface area contributed by atoms with E-state index in [0.717, 1.165) is 23.5 Å². The van der Waals surface area contributed by atoms with Crippen LogP contribution in [-0.4, -0.2) is 30.2 Å². The zero-order chi connectivity index (χ0) is 13.7. The third-order valence-electron chi connectivity index (χ3n) is 2.47. The summed E-state index contributed by atoms with van der Waals surface area (Å²) >= 11 is 1.55. The number of aromatic nitrogens is 2. The van der Waals surface area contributed by atoms with Crippen molar-refractivity contribution in [3.8, 4) is 23.0 Å². The molecule has 2 rings (SSSR count). The zero-order valence-electron chi connectivity index (χ0n) is 11.2. The van der Waals surface area contributed by atoms with E-state index in [1.165, 1.54) is 0 Å². The molecule has 0 saturated carbocycles. The number of methoxy groups -OCH3 is 2. The number of ether oxygens (including phenoxy) is 2. The molecule has 1 aromatic carbocycles. The van der Waals surface area contributed by atoms with Crippen LogP contribution in [0.15, 0.2) is 27.8 Å². The molecular weight excluding hydrogens is 264 g/mol. The third kappa shape index (κ3) is 3.20. The number of nitrogens with zero attached hydrogens (tertiary/aromatic N) is 2. The van der Waals surface area contributed by atoms with Gasteiger partial charge in [-0.05, 0) is 24.6 Å². The van der Waals surface area contributed by atoms with Crippen molar-refractivity contribution in [3.05, 3.63) is 18.2 Å². The maximum atomic E-state index is 5.62. The molecule has 0 spiro atoms. The van der Waals surface area contributed by atoms with E-state index in [0.29, 0.717) is 16.9 Å². The van der Waals surface area contributed by atoms with E-state index >= 15 is 0 Å². The molecular formula is C13H16N2O3S. The summed E-state index contributed by atoms with van der Waals surface area (Å²) in [5.74, 6) is 2.79. The number of benzene rings is 1. The number of thioether (sulfide) groups is 1. The first-order chi connectivity index (χ1) is 9.28. The first kappa shape index (κ1) is 13.7. The normalized spacial score (nSPS) is 10.5. The van der Waals surface area contributed by atoms with Crippen LogP contribution in [0.3, 0.4) is 0 Å². The van der Waals surface area contributed by atoms with E-state index in [9.17, 15) is 0 Å². The fourth-order valence-electron chi connectivity index (χ4n) is 1.55. The molecule has 1 heterocycles. The minimum Gasteiger partial charge on any atom is -0.497 e. The van der Waals surface area contributed by atoms with E-state index < -0.39 is 0 Å². The van der Waals surface area contributed by atoms with Crippen LogP contribution in [0.1, 0.15) is 13.3 Å². The highest BCUT2D eigenvalue weighted by molar-refractivity contribution is 7.99. The summed E-state index contributed by atoms with van der Waals surface area (Å²) in [6.07, 6.45) is 1.06. The molecule has 1 aromatic heterocycles. The van der Waals surface area contributed by atoms with Gasteiger partial charge in [0.1, 0.15) is 11.5 Å². The average Bonchev–Trinajstić information content (AvgIpc) is 2.93. The number of hydrogen-bond donors (Lipinski definition) is 0.